The Bertz CT molecular complexity index is 638. The summed E-state index contributed by atoms with van der Waals surface area (Å²) in [7, 11) is 0. The van der Waals surface area contributed by atoms with Gasteiger partial charge in [0.25, 0.3) is 0 Å². The molecule has 1 aliphatic carbocycles. The van der Waals surface area contributed by atoms with E-state index < -0.39 is 11.9 Å². The molecule has 3 N–H and O–H groups in total. The highest BCUT2D eigenvalue weighted by Crippen LogP contribution is 2.32. The summed E-state index contributed by atoms with van der Waals surface area (Å²) in [5.74, 6) is -0.976. The minimum Gasteiger partial charge on any atom is -0.481 e. The van der Waals surface area contributed by atoms with E-state index in [1.54, 1.807) is 6.33 Å². The molecule has 0 spiro atoms. The number of hydrogen-bond acceptors (Lipinski definition) is 3. The van der Waals surface area contributed by atoms with E-state index in [1.807, 2.05) is 41.1 Å². The van der Waals surface area contributed by atoms with Crippen LogP contribution in [0, 0.1) is 11.8 Å². The number of imidazole rings is 1. The van der Waals surface area contributed by atoms with Crippen LogP contribution >= 0.6 is 0 Å². The predicted molar refractivity (Wildman–Crippen MR) is 83.7 cm³/mol. The van der Waals surface area contributed by atoms with Crippen LogP contribution in [0.3, 0.4) is 0 Å². The van der Waals surface area contributed by atoms with Crippen LogP contribution in [0.5, 0.6) is 0 Å². The molecule has 5 nitrogen and oxygen atoms in total. The van der Waals surface area contributed by atoms with Crippen LogP contribution in [0.1, 0.15) is 25.0 Å². The van der Waals surface area contributed by atoms with Crippen LogP contribution in [0.2, 0.25) is 0 Å². The van der Waals surface area contributed by atoms with Crippen molar-refractivity contribution < 1.29 is 9.90 Å². The Kier molecular flexibility index (Phi) is 4.24. The molecule has 3 rings (SSSR count). The Morgan fingerprint density at radius 3 is 2.77 bits per heavy atom. The van der Waals surface area contributed by atoms with Crippen LogP contribution in [-0.2, 0) is 11.2 Å². The first kappa shape index (κ1) is 14.8. The summed E-state index contributed by atoms with van der Waals surface area (Å²) in [4.78, 5) is 16.0. The fraction of sp³-hybridized carbons (Fsp3) is 0.412. The van der Waals surface area contributed by atoms with Gasteiger partial charge in [-0.1, -0.05) is 18.2 Å². The number of rotatable bonds is 5. The molecule has 1 heterocycles. The topological polar surface area (TPSA) is 81.1 Å². The van der Waals surface area contributed by atoms with E-state index in [9.17, 15) is 9.90 Å². The van der Waals surface area contributed by atoms with E-state index in [-0.39, 0.29) is 12.0 Å². The average Bonchev–Trinajstić information content (AvgIpc) is 3.14. The molecule has 1 saturated carbocycles. The molecular weight excluding hydrogens is 278 g/mol. The van der Waals surface area contributed by atoms with Crippen molar-refractivity contribution in [2.75, 3.05) is 0 Å². The zero-order chi connectivity index (χ0) is 15.5. The van der Waals surface area contributed by atoms with Gasteiger partial charge in [0, 0.05) is 24.3 Å². The maximum Gasteiger partial charge on any atom is 0.307 e. The summed E-state index contributed by atoms with van der Waals surface area (Å²) in [6.07, 6.45) is 6.75. The van der Waals surface area contributed by atoms with Crippen molar-refractivity contribution in [2.24, 2.45) is 17.6 Å². The van der Waals surface area contributed by atoms with Gasteiger partial charge in [0.15, 0.2) is 0 Å². The minimum atomic E-state index is -0.742. The summed E-state index contributed by atoms with van der Waals surface area (Å²) in [6.45, 7) is 0. The molecule has 0 amide bonds. The Hall–Kier alpha value is -2.14. The van der Waals surface area contributed by atoms with Crippen LogP contribution in [0.15, 0.2) is 42.9 Å². The molecule has 3 atom stereocenters. The maximum atomic E-state index is 11.6. The predicted octanol–water partition coefficient (Wildman–Crippen LogP) is 2.24. The summed E-state index contributed by atoms with van der Waals surface area (Å²) in [6, 6.07) is 10.0. The highest BCUT2D eigenvalue weighted by atomic mass is 16.4. The highest BCUT2D eigenvalue weighted by Gasteiger charge is 2.34. The summed E-state index contributed by atoms with van der Waals surface area (Å²) < 4.78 is 1.93. The van der Waals surface area contributed by atoms with E-state index in [0.717, 1.165) is 30.6 Å². The van der Waals surface area contributed by atoms with Crippen LogP contribution in [0.25, 0.3) is 5.69 Å². The van der Waals surface area contributed by atoms with Gasteiger partial charge in [-0.2, -0.15) is 0 Å². The third-order valence-electron chi connectivity index (χ3n) is 4.52. The highest BCUT2D eigenvalue weighted by molar-refractivity contribution is 5.70. The standard InChI is InChI=1S/C17H21N3O2/c18-13-7-6-12(8-13)16(17(21)22)9-14-10-20(11-19-14)15-4-2-1-3-5-15/h1-5,10-13,16H,6-9,18H2,(H,21,22)/t12?,13-,16+/m0/s1. The lowest BCUT2D eigenvalue weighted by atomic mass is 9.87. The van der Waals surface area contributed by atoms with Crippen LogP contribution < -0.4 is 5.73 Å². The number of aliphatic carboxylic acids is 1. The van der Waals surface area contributed by atoms with E-state index in [1.165, 1.54) is 0 Å². The van der Waals surface area contributed by atoms with E-state index in [0.29, 0.717) is 6.42 Å². The number of nitrogens with zero attached hydrogens (tertiary/aromatic N) is 2. The number of carboxylic acid groups (broad SMARTS) is 1. The number of para-hydroxylation sites is 1. The zero-order valence-corrected chi connectivity index (χ0v) is 12.4. The molecule has 22 heavy (non-hydrogen) atoms. The first-order chi connectivity index (χ1) is 10.6. The van der Waals surface area contributed by atoms with E-state index in [2.05, 4.69) is 4.98 Å². The number of hydrogen-bond donors (Lipinski definition) is 2. The van der Waals surface area contributed by atoms with Gasteiger partial charge in [-0.05, 0) is 37.3 Å². The van der Waals surface area contributed by atoms with Crippen molar-refractivity contribution in [3.63, 3.8) is 0 Å². The molecule has 2 aromatic rings. The summed E-state index contributed by atoms with van der Waals surface area (Å²) in [5, 5.41) is 9.53. The number of benzene rings is 1. The molecule has 1 unspecified atom stereocenters. The Labute approximate surface area is 129 Å². The van der Waals surface area contributed by atoms with Gasteiger partial charge < -0.3 is 15.4 Å². The van der Waals surface area contributed by atoms with Crippen LogP contribution in [-0.4, -0.2) is 26.7 Å². The van der Waals surface area contributed by atoms with Gasteiger partial charge in [0.05, 0.1) is 17.9 Å². The Morgan fingerprint density at radius 1 is 1.36 bits per heavy atom. The molecule has 0 radical (unpaired) electrons. The SMILES string of the molecule is N[C@H]1CCC([C@@H](Cc2cn(-c3ccccc3)cn2)C(=O)O)C1. The second kappa shape index (κ2) is 6.32. The van der Waals surface area contributed by atoms with Crippen molar-refractivity contribution >= 4 is 5.97 Å². The number of carboxylic acids is 1. The summed E-state index contributed by atoms with van der Waals surface area (Å²) in [5.41, 5.74) is 7.76. The van der Waals surface area contributed by atoms with Crippen molar-refractivity contribution in [1.82, 2.24) is 9.55 Å². The number of nitrogens with two attached hydrogens (primary N) is 1. The number of aromatic nitrogens is 2. The van der Waals surface area contributed by atoms with Crippen molar-refractivity contribution in [1.29, 1.82) is 0 Å². The Morgan fingerprint density at radius 2 is 2.14 bits per heavy atom. The molecule has 116 valence electrons. The smallest absolute Gasteiger partial charge is 0.307 e. The van der Waals surface area contributed by atoms with Crippen molar-refractivity contribution in [3.05, 3.63) is 48.5 Å². The molecule has 1 aromatic carbocycles. The van der Waals surface area contributed by atoms with Gasteiger partial charge >= 0.3 is 5.97 Å². The normalized spacial score (nSPS) is 22.6. The van der Waals surface area contributed by atoms with Gasteiger partial charge in [-0.15, -0.1) is 0 Å². The molecule has 0 bridgehead atoms. The minimum absolute atomic E-state index is 0.147. The average molecular weight is 299 g/mol. The van der Waals surface area contributed by atoms with Gasteiger partial charge in [0.2, 0.25) is 0 Å². The second-order valence-electron chi connectivity index (χ2n) is 6.09. The third-order valence-corrected chi connectivity index (χ3v) is 4.52. The molecule has 1 aliphatic rings. The largest absolute Gasteiger partial charge is 0.481 e. The lowest BCUT2D eigenvalue weighted by Crippen LogP contribution is -2.26. The molecule has 5 heteroatoms. The summed E-state index contributed by atoms with van der Waals surface area (Å²) >= 11 is 0. The first-order valence-electron chi connectivity index (χ1n) is 7.70. The maximum absolute atomic E-state index is 11.6. The quantitative estimate of drug-likeness (QED) is 0.887. The molecule has 1 fully saturated rings. The molecule has 0 aliphatic heterocycles. The van der Waals surface area contributed by atoms with Gasteiger partial charge in [0.1, 0.15) is 0 Å². The lowest BCUT2D eigenvalue weighted by molar-refractivity contribution is -0.143. The van der Waals surface area contributed by atoms with Gasteiger partial charge in [-0.3, -0.25) is 4.79 Å². The molecular formula is C17H21N3O2. The van der Waals surface area contributed by atoms with E-state index in [4.69, 9.17) is 5.73 Å². The fourth-order valence-corrected chi connectivity index (χ4v) is 3.31. The van der Waals surface area contributed by atoms with Crippen molar-refractivity contribution in [3.8, 4) is 5.69 Å². The van der Waals surface area contributed by atoms with Gasteiger partial charge in [-0.25, -0.2) is 4.98 Å². The molecule has 1 aromatic heterocycles. The fourth-order valence-electron chi connectivity index (χ4n) is 3.31. The molecule has 0 saturated heterocycles. The van der Waals surface area contributed by atoms with Crippen LogP contribution in [0.4, 0.5) is 0 Å². The van der Waals surface area contributed by atoms with E-state index >= 15 is 0 Å². The number of carbonyl (C=O) groups is 1. The van der Waals surface area contributed by atoms with Crippen molar-refractivity contribution in [2.45, 2.75) is 31.7 Å². The third kappa shape index (κ3) is 3.20. The first-order valence-corrected chi connectivity index (χ1v) is 7.70. The lowest BCUT2D eigenvalue weighted by Gasteiger charge is -2.18. The zero-order valence-electron chi connectivity index (χ0n) is 12.4. The second-order valence-corrected chi connectivity index (χ2v) is 6.09. The Balaban J connectivity index is 1.74. The monoisotopic (exact) mass is 299 g/mol.